The van der Waals surface area contributed by atoms with Crippen LogP contribution in [-0.4, -0.2) is 28.7 Å². The van der Waals surface area contributed by atoms with E-state index in [0.29, 0.717) is 8.95 Å². The molecule has 0 bridgehead atoms. The average Bonchev–Trinajstić information content (AvgIpc) is 2.39. The smallest absolute Gasteiger partial charge is 0.388 e. The number of halogens is 5. The number of aliphatic hydroxyl groups is 1. The lowest BCUT2D eigenvalue weighted by molar-refractivity contribution is -0.0636. The first-order chi connectivity index (χ1) is 9.59. The van der Waals surface area contributed by atoms with Crippen LogP contribution in [0.3, 0.4) is 0 Å². The van der Waals surface area contributed by atoms with Crippen molar-refractivity contribution in [3.8, 4) is 0 Å². The molecule has 0 aliphatic carbocycles. The molecule has 10 heteroatoms. The van der Waals surface area contributed by atoms with Crippen LogP contribution in [0.2, 0.25) is 0 Å². The lowest BCUT2D eigenvalue weighted by Crippen LogP contribution is -2.26. The van der Waals surface area contributed by atoms with E-state index in [1.54, 1.807) is 0 Å². The van der Waals surface area contributed by atoms with Crippen molar-refractivity contribution in [1.29, 1.82) is 0 Å². The number of alkyl halides is 1. The third-order valence-corrected chi connectivity index (χ3v) is 7.28. The third kappa shape index (κ3) is 4.20. The van der Waals surface area contributed by atoms with Crippen LogP contribution in [0, 0.1) is 0 Å². The zero-order chi connectivity index (χ0) is 16.5. The predicted octanol–water partition coefficient (Wildman–Crippen LogP) is 4.41. The Labute approximate surface area is 158 Å². The summed E-state index contributed by atoms with van der Waals surface area (Å²) < 4.78 is 5.72. The number of aliphatic hydroxyl groups excluding tert-OH is 1. The number of hydrogen-bond donors (Lipinski definition) is 1. The molecule has 1 radical (unpaired) electrons. The standard InChI is InChI=1S/C11H6Br4ClO5/c1-2(16)10(19)21-11(20)4-3(9(17)18)5(12)7(14)8(15)6(4)13/h2,10,19H,1H3. The number of carbonyl (C=O) groups excluding carboxylic acids is 2. The molecular weight excluding hydrogens is 567 g/mol. The highest BCUT2D eigenvalue weighted by Gasteiger charge is 2.31. The quantitative estimate of drug-likeness (QED) is 0.190. The summed E-state index contributed by atoms with van der Waals surface area (Å²) >= 11 is 18.1. The zero-order valence-corrected chi connectivity index (χ0v) is 17.2. The van der Waals surface area contributed by atoms with Crippen LogP contribution in [0.1, 0.15) is 27.6 Å². The number of rotatable bonds is 4. The number of benzene rings is 1. The average molecular weight is 573 g/mol. The van der Waals surface area contributed by atoms with Gasteiger partial charge in [-0.2, -0.15) is 0 Å². The fraction of sp³-hybridized carbons (Fsp3) is 0.273. The van der Waals surface area contributed by atoms with Gasteiger partial charge in [-0.1, -0.05) is 0 Å². The second kappa shape index (κ2) is 7.74. The molecule has 2 unspecified atom stereocenters. The van der Waals surface area contributed by atoms with E-state index in [-0.39, 0.29) is 14.5 Å². The summed E-state index contributed by atoms with van der Waals surface area (Å²) in [6, 6.07) is 0. The van der Waals surface area contributed by atoms with Crippen molar-refractivity contribution >= 4 is 87.3 Å². The van der Waals surface area contributed by atoms with Crippen LogP contribution in [-0.2, 0) is 9.84 Å². The van der Waals surface area contributed by atoms with Crippen LogP contribution in [0.4, 0.5) is 0 Å². The molecule has 1 rings (SSSR count). The fourth-order valence-corrected chi connectivity index (χ4v) is 3.77. The van der Waals surface area contributed by atoms with Gasteiger partial charge in [-0.3, -0.25) is 0 Å². The molecule has 5 nitrogen and oxygen atoms in total. The molecule has 0 aliphatic rings. The van der Waals surface area contributed by atoms with Crippen molar-refractivity contribution in [1.82, 2.24) is 0 Å². The highest BCUT2D eigenvalue weighted by Crippen LogP contribution is 2.42. The Hall–Kier alpha value is 0.330. The molecular formula is C11H6Br4ClO5. The normalized spacial score (nSPS) is 13.7. The van der Waals surface area contributed by atoms with Crippen LogP contribution >= 0.6 is 75.3 Å². The summed E-state index contributed by atoms with van der Waals surface area (Å²) in [5.41, 5.74) is -0.732. The Kier molecular flexibility index (Phi) is 7.14. The number of ether oxygens (including phenoxy) is 1. The van der Waals surface area contributed by atoms with Gasteiger partial charge in [0.2, 0.25) is 6.29 Å². The molecule has 21 heavy (non-hydrogen) atoms. The van der Waals surface area contributed by atoms with E-state index in [1.807, 2.05) is 0 Å². The second-order valence-electron chi connectivity index (χ2n) is 3.77. The van der Waals surface area contributed by atoms with Crippen molar-refractivity contribution in [2.75, 3.05) is 0 Å². The topological polar surface area (TPSA) is 83.5 Å². The van der Waals surface area contributed by atoms with Gasteiger partial charge < -0.3 is 9.84 Å². The Balaban J connectivity index is 3.47. The molecule has 0 spiro atoms. The Morgan fingerprint density at radius 3 is 1.86 bits per heavy atom. The van der Waals surface area contributed by atoms with Crippen LogP contribution in [0.15, 0.2) is 17.9 Å². The molecule has 0 saturated heterocycles. The van der Waals surface area contributed by atoms with E-state index in [0.717, 1.165) is 0 Å². The van der Waals surface area contributed by atoms with Gasteiger partial charge >= 0.3 is 11.9 Å². The van der Waals surface area contributed by atoms with Gasteiger partial charge in [0.05, 0.1) is 16.5 Å². The van der Waals surface area contributed by atoms with E-state index in [2.05, 4.69) is 63.7 Å². The second-order valence-corrected chi connectivity index (χ2v) is 7.63. The van der Waals surface area contributed by atoms with E-state index >= 15 is 0 Å². The molecule has 2 atom stereocenters. The Bertz CT molecular complexity index is 605. The van der Waals surface area contributed by atoms with Crippen molar-refractivity contribution in [3.05, 3.63) is 29.0 Å². The summed E-state index contributed by atoms with van der Waals surface area (Å²) in [5.74, 6) is -2.65. The van der Waals surface area contributed by atoms with Gasteiger partial charge in [-0.05, 0) is 70.6 Å². The van der Waals surface area contributed by atoms with Gasteiger partial charge in [-0.15, -0.1) is 11.6 Å². The monoisotopic (exact) mass is 569 g/mol. The van der Waals surface area contributed by atoms with E-state index in [9.17, 15) is 19.8 Å². The van der Waals surface area contributed by atoms with E-state index in [4.69, 9.17) is 16.3 Å². The van der Waals surface area contributed by atoms with Crippen molar-refractivity contribution in [3.63, 3.8) is 0 Å². The summed E-state index contributed by atoms with van der Waals surface area (Å²) in [6.45, 7) is 1.42. The van der Waals surface area contributed by atoms with Gasteiger partial charge in [0.15, 0.2) is 0 Å². The summed E-state index contributed by atoms with van der Waals surface area (Å²) in [4.78, 5) is 23.4. The first-order valence-electron chi connectivity index (χ1n) is 5.20. The van der Waals surface area contributed by atoms with Gasteiger partial charge in [0.1, 0.15) is 0 Å². The Morgan fingerprint density at radius 1 is 1.05 bits per heavy atom. The number of carbonyl (C=O) groups is 2. The van der Waals surface area contributed by atoms with Gasteiger partial charge in [-0.25, -0.2) is 14.7 Å². The lowest BCUT2D eigenvalue weighted by atomic mass is 10.1. The largest absolute Gasteiger partial charge is 0.431 e. The summed E-state index contributed by atoms with van der Waals surface area (Å²) in [7, 11) is 0. The third-order valence-electron chi connectivity index (χ3n) is 2.30. The molecule has 0 aliphatic heterocycles. The first-order valence-corrected chi connectivity index (χ1v) is 8.80. The van der Waals surface area contributed by atoms with Crippen LogP contribution in [0.25, 0.3) is 0 Å². The predicted molar refractivity (Wildman–Crippen MR) is 89.0 cm³/mol. The maximum Gasteiger partial charge on any atom is 0.388 e. The molecule has 0 amide bonds. The van der Waals surface area contributed by atoms with Crippen LogP contribution < -0.4 is 0 Å². The minimum Gasteiger partial charge on any atom is -0.431 e. The van der Waals surface area contributed by atoms with E-state index in [1.165, 1.54) is 6.92 Å². The molecule has 1 aromatic carbocycles. The summed E-state index contributed by atoms with van der Waals surface area (Å²) in [6.07, 6.45) is -1.58. The minimum atomic E-state index is -1.59. The zero-order valence-electron chi connectivity index (χ0n) is 10.1. The molecule has 0 saturated carbocycles. The van der Waals surface area contributed by atoms with Gasteiger partial charge in [0.25, 0.3) is 0 Å². The highest BCUT2D eigenvalue weighted by atomic mass is 79.9. The number of esters is 1. The molecule has 0 fully saturated rings. The highest BCUT2D eigenvalue weighted by molar-refractivity contribution is 9.15. The number of hydrogen-bond acceptors (Lipinski definition) is 4. The van der Waals surface area contributed by atoms with Crippen molar-refractivity contribution < 1.29 is 24.5 Å². The molecule has 1 N–H and O–H groups in total. The molecule has 1 aromatic rings. The molecule has 115 valence electrons. The molecule has 0 heterocycles. The maximum atomic E-state index is 12.1. The van der Waals surface area contributed by atoms with Gasteiger partial charge in [0, 0.05) is 17.9 Å². The molecule has 0 aromatic heterocycles. The summed E-state index contributed by atoms with van der Waals surface area (Å²) in [5, 5.41) is 19.9. The van der Waals surface area contributed by atoms with Crippen molar-refractivity contribution in [2.24, 2.45) is 0 Å². The minimum absolute atomic E-state index is 0.0953. The first kappa shape index (κ1) is 19.4. The lowest BCUT2D eigenvalue weighted by Gasteiger charge is -2.17. The van der Waals surface area contributed by atoms with Crippen LogP contribution in [0.5, 0.6) is 0 Å². The van der Waals surface area contributed by atoms with Crippen molar-refractivity contribution in [2.45, 2.75) is 18.6 Å². The van der Waals surface area contributed by atoms with E-state index < -0.39 is 29.2 Å². The Morgan fingerprint density at radius 2 is 1.48 bits per heavy atom. The fourth-order valence-electron chi connectivity index (χ4n) is 1.28. The maximum absolute atomic E-state index is 12.1. The SMILES string of the molecule is CC(Cl)C(O)OC(=O)c1c(Br)c(Br)c(Br)c(Br)c1C([O])=O.